The molecule has 2 unspecified atom stereocenters. The second kappa shape index (κ2) is 4.69. The molecule has 0 heterocycles. The topological polar surface area (TPSA) is 89.3 Å². The van der Waals surface area contributed by atoms with Gasteiger partial charge in [0.25, 0.3) is 0 Å². The fourth-order valence-corrected chi connectivity index (χ4v) is 1.32. The first kappa shape index (κ1) is 11.7. The van der Waals surface area contributed by atoms with Gasteiger partial charge in [-0.25, -0.2) is 0 Å². The van der Waals surface area contributed by atoms with Crippen LogP contribution in [0.1, 0.15) is 13.8 Å². The van der Waals surface area contributed by atoms with Crippen LogP contribution in [0.2, 0.25) is 0 Å². The molecular formula is C7H16N2O2S. The number of primary amides is 1. The summed E-state index contributed by atoms with van der Waals surface area (Å²) in [4.78, 5) is 10.7. The largest absolute Gasteiger partial charge is 0.395 e. The molecule has 0 aromatic rings. The first-order valence-corrected chi connectivity index (χ1v) is 4.76. The van der Waals surface area contributed by atoms with Gasteiger partial charge < -0.3 is 16.6 Å². The summed E-state index contributed by atoms with van der Waals surface area (Å²) >= 11 is 1.44. The first-order chi connectivity index (χ1) is 5.40. The van der Waals surface area contributed by atoms with Crippen LogP contribution in [0.3, 0.4) is 0 Å². The van der Waals surface area contributed by atoms with Crippen molar-refractivity contribution >= 4 is 17.7 Å². The van der Waals surface area contributed by atoms with Crippen LogP contribution in [0.5, 0.6) is 0 Å². The third kappa shape index (κ3) is 3.94. The Bertz CT molecular complexity index is 161. The third-order valence-corrected chi connectivity index (χ3v) is 2.97. The van der Waals surface area contributed by atoms with Gasteiger partial charge in [0.1, 0.15) is 5.54 Å². The van der Waals surface area contributed by atoms with Crippen LogP contribution in [0.4, 0.5) is 0 Å². The Hall–Kier alpha value is -0.260. The van der Waals surface area contributed by atoms with Crippen molar-refractivity contribution < 1.29 is 9.90 Å². The number of rotatable bonds is 5. The number of thioether (sulfide) groups is 1. The highest BCUT2D eigenvalue weighted by Crippen LogP contribution is 2.15. The number of nitrogens with two attached hydrogens (primary N) is 2. The second-order valence-corrected chi connectivity index (χ2v) is 4.51. The van der Waals surface area contributed by atoms with Gasteiger partial charge in [-0.1, -0.05) is 6.92 Å². The Morgan fingerprint density at radius 1 is 1.75 bits per heavy atom. The highest BCUT2D eigenvalue weighted by Gasteiger charge is 2.26. The van der Waals surface area contributed by atoms with Gasteiger partial charge in [0.2, 0.25) is 5.91 Å². The SMILES string of the molecule is CC(CO)SCC(C)(N)C(N)=O. The fourth-order valence-electron chi connectivity index (χ4n) is 0.439. The van der Waals surface area contributed by atoms with Crippen LogP contribution >= 0.6 is 11.8 Å². The molecule has 4 nitrogen and oxygen atoms in total. The molecule has 0 saturated carbocycles. The van der Waals surface area contributed by atoms with Crippen molar-refractivity contribution in [3.63, 3.8) is 0 Å². The van der Waals surface area contributed by atoms with E-state index in [0.717, 1.165) is 0 Å². The second-order valence-electron chi connectivity index (χ2n) is 3.09. The van der Waals surface area contributed by atoms with Crippen molar-refractivity contribution in [2.75, 3.05) is 12.4 Å². The predicted octanol–water partition coefficient (Wildman–Crippen LogP) is -0.697. The number of carbonyl (C=O) groups is 1. The van der Waals surface area contributed by atoms with E-state index in [9.17, 15) is 4.79 Å². The van der Waals surface area contributed by atoms with Crippen LogP contribution in [0.25, 0.3) is 0 Å². The lowest BCUT2D eigenvalue weighted by Crippen LogP contribution is -2.51. The molecule has 0 fully saturated rings. The molecular weight excluding hydrogens is 176 g/mol. The zero-order valence-electron chi connectivity index (χ0n) is 7.41. The van der Waals surface area contributed by atoms with Crippen molar-refractivity contribution in [2.45, 2.75) is 24.6 Å². The molecule has 5 N–H and O–H groups in total. The number of hydrogen-bond donors (Lipinski definition) is 3. The fraction of sp³-hybridized carbons (Fsp3) is 0.857. The van der Waals surface area contributed by atoms with E-state index < -0.39 is 11.4 Å². The van der Waals surface area contributed by atoms with Crippen LogP contribution < -0.4 is 11.5 Å². The third-order valence-electron chi connectivity index (χ3n) is 1.49. The van der Waals surface area contributed by atoms with Gasteiger partial charge >= 0.3 is 0 Å². The Labute approximate surface area is 76.7 Å². The average Bonchev–Trinajstić information content (AvgIpc) is 2.00. The molecule has 0 bridgehead atoms. The van der Waals surface area contributed by atoms with E-state index in [1.165, 1.54) is 11.8 Å². The summed E-state index contributed by atoms with van der Waals surface area (Å²) in [5.74, 6) is -0.0792. The molecule has 72 valence electrons. The lowest BCUT2D eigenvalue weighted by atomic mass is 10.1. The summed E-state index contributed by atoms with van der Waals surface area (Å²) in [7, 11) is 0. The van der Waals surface area contributed by atoms with Crippen LogP contribution in [-0.2, 0) is 4.79 Å². The molecule has 0 aromatic heterocycles. The maximum absolute atomic E-state index is 10.7. The molecule has 2 atom stereocenters. The summed E-state index contributed by atoms with van der Waals surface area (Å²) in [5.41, 5.74) is 9.67. The Balaban J connectivity index is 3.83. The molecule has 1 amide bonds. The Kier molecular flexibility index (Phi) is 4.59. The number of carbonyl (C=O) groups excluding carboxylic acids is 1. The van der Waals surface area contributed by atoms with E-state index in [1.54, 1.807) is 6.92 Å². The maximum Gasteiger partial charge on any atom is 0.238 e. The minimum absolute atomic E-state index is 0.0828. The van der Waals surface area contributed by atoms with Crippen molar-refractivity contribution in [3.05, 3.63) is 0 Å². The highest BCUT2D eigenvalue weighted by molar-refractivity contribution is 8.00. The molecule has 0 aliphatic heterocycles. The maximum atomic E-state index is 10.7. The molecule has 5 heteroatoms. The van der Waals surface area contributed by atoms with Gasteiger partial charge in [0, 0.05) is 11.0 Å². The van der Waals surface area contributed by atoms with Gasteiger partial charge in [0.15, 0.2) is 0 Å². The van der Waals surface area contributed by atoms with Gasteiger partial charge in [-0.05, 0) is 6.92 Å². The van der Waals surface area contributed by atoms with Crippen molar-refractivity contribution in [2.24, 2.45) is 11.5 Å². The average molecular weight is 192 g/mol. The summed E-state index contributed by atoms with van der Waals surface area (Å²) < 4.78 is 0. The van der Waals surface area contributed by atoms with Crippen LogP contribution in [0.15, 0.2) is 0 Å². The van der Waals surface area contributed by atoms with Gasteiger partial charge in [-0.2, -0.15) is 11.8 Å². The molecule has 0 radical (unpaired) electrons. The van der Waals surface area contributed by atoms with Crippen LogP contribution in [-0.4, -0.2) is 34.2 Å². The Morgan fingerprint density at radius 3 is 2.58 bits per heavy atom. The van der Waals surface area contributed by atoms with E-state index in [1.807, 2.05) is 6.92 Å². The number of amides is 1. The van der Waals surface area contributed by atoms with E-state index in [0.29, 0.717) is 5.75 Å². The molecule has 0 aliphatic carbocycles. The predicted molar refractivity (Wildman–Crippen MR) is 50.8 cm³/mol. The van der Waals surface area contributed by atoms with Crippen LogP contribution in [0, 0.1) is 0 Å². The van der Waals surface area contributed by atoms with Gasteiger partial charge in [-0.15, -0.1) is 0 Å². The monoisotopic (exact) mass is 192 g/mol. The molecule has 0 spiro atoms. The molecule has 0 saturated heterocycles. The number of aliphatic hydroxyl groups is 1. The number of hydrogen-bond acceptors (Lipinski definition) is 4. The van der Waals surface area contributed by atoms with Gasteiger partial charge in [0.05, 0.1) is 6.61 Å². The quantitative estimate of drug-likeness (QED) is 0.537. The molecule has 12 heavy (non-hydrogen) atoms. The highest BCUT2D eigenvalue weighted by atomic mass is 32.2. The van der Waals surface area contributed by atoms with E-state index >= 15 is 0 Å². The van der Waals surface area contributed by atoms with E-state index in [-0.39, 0.29) is 11.9 Å². The lowest BCUT2D eigenvalue weighted by Gasteiger charge is -2.21. The minimum atomic E-state index is -0.978. The van der Waals surface area contributed by atoms with Crippen molar-refractivity contribution in [3.8, 4) is 0 Å². The summed E-state index contributed by atoms with van der Waals surface area (Å²) in [6.07, 6.45) is 0. The molecule has 0 aliphatic rings. The normalized spacial score (nSPS) is 18.3. The van der Waals surface area contributed by atoms with Gasteiger partial charge in [-0.3, -0.25) is 4.79 Å². The summed E-state index contributed by atoms with van der Waals surface area (Å²) in [6, 6.07) is 0. The zero-order chi connectivity index (χ0) is 9.78. The standard InChI is InChI=1S/C7H16N2O2S/c1-5(3-10)12-4-7(2,9)6(8)11/h5,10H,3-4,9H2,1-2H3,(H2,8,11). The first-order valence-electron chi connectivity index (χ1n) is 3.71. The van der Waals surface area contributed by atoms with Crippen molar-refractivity contribution in [1.82, 2.24) is 0 Å². The minimum Gasteiger partial charge on any atom is -0.395 e. The molecule has 0 aromatic carbocycles. The smallest absolute Gasteiger partial charge is 0.238 e. The van der Waals surface area contributed by atoms with Crippen molar-refractivity contribution in [1.29, 1.82) is 0 Å². The number of aliphatic hydroxyl groups excluding tert-OH is 1. The van der Waals surface area contributed by atoms with E-state index in [4.69, 9.17) is 16.6 Å². The zero-order valence-corrected chi connectivity index (χ0v) is 8.23. The lowest BCUT2D eigenvalue weighted by molar-refractivity contribution is -0.121. The Morgan fingerprint density at radius 2 is 2.25 bits per heavy atom. The van der Waals surface area contributed by atoms with E-state index in [2.05, 4.69) is 0 Å². The summed E-state index contributed by atoms with van der Waals surface area (Å²) in [5, 5.41) is 8.78. The summed E-state index contributed by atoms with van der Waals surface area (Å²) in [6.45, 7) is 3.54. The molecule has 0 rings (SSSR count).